The van der Waals surface area contributed by atoms with E-state index in [9.17, 15) is 0 Å². The minimum atomic E-state index is 0.901. The van der Waals surface area contributed by atoms with Gasteiger partial charge in [0, 0.05) is 21.7 Å². The first-order chi connectivity index (χ1) is 17.8. The Morgan fingerprint density at radius 1 is 0.417 bits per heavy atom. The van der Waals surface area contributed by atoms with Gasteiger partial charge in [-0.05, 0) is 75.7 Å². The molecule has 36 heavy (non-hydrogen) atoms. The van der Waals surface area contributed by atoms with E-state index in [-0.39, 0.29) is 0 Å². The summed E-state index contributed by atoms with van der Waals surface area (Å²) >= 11 is 0. The van der Waals surface area contributed by atoms with Gasteiger partial charge < -0.3 is 9.15 Å². The molecule has 2 heteroatoms. The second-order valence-corrected chi connectivity index (χ2v) is 9.33. The Labute approximate surface area is 208 Å². The molecule has 0 bridgehead atoms. The first-order valence-corrected chi connectivity index (χ1v) is 12.2. The summed E-state index contributed by atoms with van der Waals surface area (Å²) in [7, 11) is 0. The summed E-state index contributed by atoms with van der Waals surface area (Å²) in [4.78, 5) is 0. The van der Waals surface area contributed by atoms with Gasteiger partial charge in [-0.25, -0.2) is 0 Å². The summed E-state index contributed by atoms with van der Waals surface area (Å²) < 4.78 is 12.4. The van der Waals surface area contributed by atoms with Gasteiger partial charge >= 0.3 is 0 Å². The van der Waals surface area contributed by atoms with E-state index < -0.39 is 0 Å². The number of ether oxygens (including phenoxy) is 1. The zero-order chi connectivity index (χ0) is 23.6. The lowest BCUT2D eigenvalue weighted by atomic mass is 9.88. The minimum absolute atomic E-state index is 0.901. The van der Waals surface area contributed by atoms with Crippen molar-refractivity contribution in [1.29, 1.82) is 0 Å². The van der Waals surface area contributed by atoms with Crippen molar-refractivity contribution in [3.8, 4) is 44.9 Å². The quantitative estimate of drug-likeness (QED) is 0.256. The van der Waals surface area contributed by atoms with Gasteiger partial charge in [0.2, 0.25) is 0 Å². The van der Waals surface area contributed by atoms with E-state index in [1.165, 1.54) is 33.0 Å². The fourth-order valence-electron chi connectivity index (χ4n) is 5.62. The molecule has 0 saturated carbocycles. The Balaban J connectivity index is 1.36. The molecule has 0 amide bonds. The Hall–Kier alpha value is -4.82. The average Bonchev–Trinajstić information content (AvgIpc) is 3.31. The first-order valence-electron chi connectivity index (χ1n) is 12.2. The van der Waals surface area contributed by atoms with Crippen LogP contribution in [0.2, 0.25) is 0 Å². The van der Waals surface area contributed by atoms with E-state index in [1.54, 1.807) is 0 Å². The molecule has 0 radical (unpaired) electrons. The summed E-state index contributed by atoms with van der Waals surface area (Å²) in [6.45, 7) is 0. The van der Waals surface area contributed by atoms with Crippen LogP contribution in [0.15, 0.2) is 126 Å². The maximum atomic E-state index is 6.24. The second kappa shape index (κ2) is 7.34. The molecule has 1 aromatic heterocycles. The molecular weight excluding hydrogens is 440 g/mol. The zero-order valence-corrected chi connectivity index (χ0v) is 19.4. The molecule has 0 unspecified atom stereocenters. The number of para-hydroxylation sites is 2. The van der Waals surface area contributed by atoms with E-state index >= 15 is 0 Å². The molecule has 1 aliphatic heterocycles. The lowest BCUT2D eigenvalue weighted by molar-refractivity contribution is 0.487. The lowest BCUT2D eigenvalue weighted by Gasteiger charge is -2.22. The maximum Gasteiger partial charge on any atom is 0.136 e. The molecule has 0 aliphatic carbocycles. The van der Waals surface area contributed by atoms with Crippen molar-refractivity contribution in [3.05, 3.63) is 121 Å². The third-order valence-electron chi connectivity index (χ3n) is 7.26. The molecule has 168 valence electrons. The van der Waals surface area contributed by atoms with Crippen LogP contribution in [0.4, 0.5) is 0 Å². The van der Waals surface area contributed by atoms with E-state index in [2.05, 4.69) is 97.1 Å². The summed E-state index contributed by atoms with van der Waals surface area (Å²) in [6, 6.07) is 42.6. The van der Waals surface area contributed by atoms with Crippen molar-refractivity contribution in [2.24, 2.45) is 0 Å². The third kappa shape index (κ3) is 2.79. The highest BCUT2D eigenvalue weighted by Gasteiger charge is 2.21. The highest BCUT2D eigenvalue weighted by molar-refractivity contribution is 6.08. The SMILES string of the molecule is c1ccc2c(c1)Oc1cccc3cc(-c4ccccc4-c4ccc5c(c4)oc4ccccc45)cc-2c13. The standard InChI is InChI=1S/C34H20O2/c1-2-10-25(24(9-1)21-16-17-28-26-11-3-5-13-30(26)36-33(28)20-21)23-18-22-8-7-15-32-34(22)29(19-23)27-12-4-6-14-31(27)35-32/h1-20H. The highest BCUT2D eigenvalue weighted by Crippen LogP contribution is 2.48. The van der Waals surface area contributed by atoms with Crippen molar-refractivity contribution >= 4 is 32.7 Å². The van der Waals surface area contributed by atoms with Crippen molar-refractivity contribution in [2.75, 3.05) is 0 Å². The predicted molar refractivity (Wildman–Crippen MR) is 148 cm³/mol. The lowest BCUT2D eigenvalue weighted by Crippen LogP contribution is -1.97. The van der Waals surface area contributed by atoms with Crippen LogP contribution in [-0.2, 0) is 0 Å². The summed E-state index contributed by atoms with van der Waals surface area (Å²) in [5.41, 5.74) is 8.88. The van der Waals surface area contributed by atoms with Crippen LogP contribution in [-0.4, -0.2) is 0 Å². The highest BCUT2D eigenvalue weighted by atomic mass is 16.5. The summed E-state index contributed by atoms with van der Waals surface area (Å²) in [5, 5.41) is 4.64. The summed E-state index contributed by atoms with van der Waals surface area (Å²) in [5.74, 6) is 1.81. The van der Waals surface area contributed by atoms with Gasteiger partial charge in [0.25, 0.3) is 0 Å². The van der Waals surface area contributed by atoms with Crippen molar-refractivity contribution in [3.63, 3.8) is 0 Å². The molecule has 1 aliphatic rings. The van der Waals surface area contributed by atoms with Crippen LogP contribution in [0, 0.1) is 0 Å². The van der Waals surface area contributed by atoms with E-state index in [0.717, 1.165) is 44.6 Å². The largest absolute Gasteiger partial charge is 0.456 e. The van der Waals surface area contributed by atoms with Gasteiger partial charge in [-0.15, -0.1) is 0 Å². The van der Waals surface area contributed by atoms with Gasteiger partial charge in [0.15, 0.2) is 0 Å². The number of fused-ring (bicyclic) bond motifs is 5. The van der Waals surface area contributed by atoms with Gasteiger partial charge in [-0.1, -0.05) is 78.9 Å². The van der Waals surface area contributed by atoms with Crippen molar-refractivity contribution in [2.45, 2.75) is 0 Å². The van der Waals surface area contributed by atoms with Gasteiger partial charge in [-0.2, -0.15) is 0 Å². The first kappa shape index (κ1) is 19.5. The number of rotatable bonds is 2. The Kier molecular flexibility index (Phi) is 3.97. The number of benzene rings is 6. The van der Waals surface area contributed by atoms with Crippen LogP contribution >= 0.6 is 0 Å². The number of furan rings is 1. The van der Waals surface area contributed by atoms with Gasteiger partial charge in [-0.3, -0.25) is 0 Å². The number of hydrogen-bond acceptors (Lipinski definition) is 2. The van der Waals surface area contributed by atoms with Gasteiger partial charge in [0.1, 0.15) is 22.7 Å². The molecule has 2 heterocycles. The smallest absolute Gasteiger partial charge is 0.136 e. The molecule has 7 aromatic rings. The second-order valence-electron chi connectivity index (χ2n) is 9.33. The van der Waals surface area contributed by atoms with Crippen LogP contribution in [0.5, 0.6) is 11.5 Å². The molecule has 0 N–H and O–H groups in total. The fourth-order valence-corrected chi connectivity index (χ4v) is 5.62. The fraction of sp³-hybridized carbons (Fsp3) is 0. The van der Waals surface area contributed by atoms with E-state index in [0.29, 0.717) is 0 Å². The Morgan fingerprint density at radius 2 is 1.14 bits per heavy atom. The van der Waals surface area contributed by atoms with E-state index in [1.807, 2.05) is 24.3 Å². The molecule has 0 fully saturated rings. The van der Waals surface area contributed by atoms with Gasteiger partial charge in [0.05, 0.1) is 0 Å². The third-order valence-corrected chi connectivity index (χ3v) is 7.26. The molecule has 2 nitrogen and oxygen atoms in total. The van der Waals surface area contributed by atoms with E-state index in [4.69, 9.17) is 9.15 Å². The normalized spacial score (nSPS) is 12.1. The summed E-state index contributed by atoms with van der Waals surface area (Å²) in [6.07, 6.45) is 0. The molecule has 6 aromatic carbocycles. The molecular formula is C34H20O2. The minimum Gasteiger partial charge on any atom is -0.456 e. The molecule has 0 atom stereocenters. The maximum absolute atomic E-state index is 6.24. The molecule has 8 rings (SSSR count). The van der Waals surface area contributed by atoms with Crippen LogP contribution in [0.1, 0.15) is 0 Å². The Bertz CT molecular complexity index is 1980. The zero-order valence-electron chi connectivity index (χ0n) is 19.4. The van der Waals surface area contributed by atoms with Crippen molar-refractivity contribution in [1.82, 2.24) is 0 Å². The van der Waals surface area contributed by atoms with Crippen molar-refractivity contribution < 1.29 is 9.15 Å². The topological polar surface area (TPSA) is 22.4 Å². The average molecular weight is 461 g/mol. The predicted octanol–water partition coefficient (Wildman–Crippen LogP) is 9.85. The molecule has 0 saturated heterocycles. The Morgan fingerprint density at radius 3 is 2.06 bits per heavy atom. The molecule has 0 spiro atoms. The van der Waals surface area contributed by atoms with Crippen LogP contribution < -0.4 is 4.74 Å². The monoisotopic (exact) mass is 460 g/mol. The van der Waals surface area contributed by atoms with Crippen LogP contribution in [0.3, 0.4) is 0 Å². The number of hydrogen-bond donors (Lipinski definition) is 0. The van der Waals surface area contributed by atoms with Crippen LogP contribution in [0.25, 0.3) is 66.1 Å².